The highest BCUT2D eigenvalue weighted by atomic mass is 32.2. The number of hydrogen-bond donors (Lipinski definition) is 3. The molecule has 3 aromatic carbocycles. The van der Waals surface area contributed by atoms with Gasteiger partial charge in [0, 0.05) is 43.3 Å². The molecular weight excluding hydrogens is 500 g/mol. The van der Waals surface area contributed by atoms with Crippen LogP contribution >= 0.6 is 11.8 Å². The summed E-state index contributed by atoms with van der Waals surface area (Å²) in [6.07, 6.45) is -0.582. The first-order valence-electron chi connectivity index (χ1n) is 12.9. The molecule has 1 saturated heterocycles. The first kappa shape index (κ1) is 26.5. The van der Waals surface area contributed by atoms with E-state index in [0.717, 1.165) is 53.9 Å². The molecule has 2 aliphatic rings. The molecule has 0 aromatic heterocycles. The van der Waals surface area contributed by atoms with Gasteiger partial charge in [-0.15, -0.1) is 0 Å². The van der Waals surface area contributed by atoms with E-state index in [1.165, 1.54) is 0 Å². The lowest BCUT2D eigenvalue weighted by molar-refractivity contribution is -0.117. The highest BCUT2D eigenvalue weighted by Crippen LogP contribution is 2.45. The molecule has 0 aliphatic carbocycles. The summed E-state index contributed by atoms with van der Waals surface area (Å²) < 4.78 is 11.8. The van der Waals surface area contributed by atoms with Crippen LogP contribution in [0.4, 0.5) is 11.4 Å². The number of hydrogen-bond acceptors (Lipinski definition) is 8. The number of carbonyl (C=O) groups is 1. The fourth-order valence-electron chi connectivity index (χ4n) is 4.57. The molecule has 2 atom stereocenters. The lowest BCUT2D eigenvalue weighted by Gasteiger charge is -2.35. The SMILES string of the molecule is CC1(OCC(O)CN2CCN(CC(=O)Nc3ccc(Oc4ccccc4)cc3)CC2)Nc2ccccc2S1. The van der Waals surface area contributed by atoms with Crippen LogP contribution in [0.15, 0.2) is 83.8 Å². The van der Waals surface area contributed by atoms with Crippen molar-refractivity contribution in [1.82, 2.24) is 9.80 Å². The number of ether oxygens (including phenoxy) is 2. The summed E-state index contributed by atoms with van der Waals surface area (Å²) in [7, 11) is 0. The van der Waals surface area contributed by atoms with Crippen LogP contribution in [-0.4, -0.2) is 77.8 Å². The van der Waals surface area contributed by atoms with Crippen molar-refractivity contribution in [2.75, 3.05) is 56.5 Å². The maximum Gasteiger partial charge on any atom is 0.238 e. The van der Waals surface area contributed by atoms with Gasteiger partial charge >= 0.3 is 0 Å². The van der Waals surface area contributed by atoms with Gasteiger partial charge < -0.3 is 25.2 Å². The third-order valence-electron chi connectivity index (χ3n) is 6.52. The molecule has 200 valence electrons. The Hall–Kier alpha value is -3.08. The van der Waals surface area contributed by atoms with Gasteiger partial charge in [-0.2, -0.15) is 0 Å². The van der Waals surface area contributed by atoms with E-state index < -0.39 is 11.2 Å². The summed E-state index contributed by atoms with van der Waals surface area (Å²) in [4.78, 5) is 18.1. The molecule has 38 heavy (non-hydrogen) atoms. The van der Waals surface area contributed by atoms with E-state index in [4.69, 9.17) is 9.47 Å². The lowest BCUT2D eigenvalue weighted by Crippen LogP contribution is -2.51. The predicted octanol–water partition coefficient (Wildman–Crippen LogP) is 4.30. The molecule has 9 heteroatoms. The Morgan fingerprint density at radius 2 is 1.63 bits per heavy atom. The highest BCUT2D eigenvalue weighted by Gasteiger charge is 2.34. The van der Waals surface area contributed by atoms with Gasteiger partial charge in [0.25, 0.3) is 0 Å². The van der Waals surface area contributed by atoms with Crippen LogP contribution in [0.5, 0.6) is 11.5 Å². The zero-order chi connectivity index (χ0) is 26.4. The Morgan fingerprint density at radius 3 is 2.37 bits per heavy atom. The van der Waals surface area contributed by atoms with Crippen LogP contribution in [0, 0.1) is 0 Å². The first-order valence-corrected chi connectivity index (χ1v) is 13.7. The molecule has 0 spiro atoms. The number of thioether (sulfide) groups is 1. The number of benzene rings is 3. The molecule has 2 heterocycles. The number of aliphatic hydroxyl groups is 1. The van der Waals surface area contributed by atoms with Crippen molar-refractivity contribution in [1.29, 1.82) is 0 Å². The predicted molar refractivity (Wildman–Crippen MR) is 151 cm³/mol. The maximum atomic E-state index is 12.6. The Kier molecular flexibility index (Phi) is 8.51. The Bertz CT molecular complexity index is 1180. The van der Waals surface area contributed by atoms with Crippen molar-refractivity contribution >= 4 is 29.0 Å². The number of rotatable bonds is 10. The highest BCUT2D eigenvalue weighted by molar-refractivity contribution is 8.01. The molecule has 2 unspecified atom stereocenters. The van der Waals surface area contributed by atoms with E-state index in [9.17, 15) is 9.90 Å². The minimum absolute atomic E-state index is 0.0422. The summed E-state index contributed by atoms with van der Waals surface area (Å²) in [5, 5.41) is 16.4. The summed E-state index contributed by atoms with van der Waals surface area (Å²) in [6.45, 7) is 6.26. The lowest BCUT2D eigenvalue weighted by atomic mass is 10.2. The second-order valence-electron chi connectivity index (χ2n) is 9.70. The van der Waals surface area contributed by atoms with Crippen LogP contribution in [0.2, 0.25) is 0 Å². The zero-order valence-electron chi connectivity index (χ0n) is 21.5. The number of aliphatic hydroxyl groups excluding tert-OH is 1. The number of nitrogens with zero attached hydrogens (tertiary/aromatic N) is 2. The van der Waals surface area contributed by atoms with E-state index in [-0.39, 0.29) is 12.5 Å². The van der Waals surface area contributed by atoms with Crippen molar-refractivity contribution in [2.45, 2.75) is 23.0 Å². The van der Waals surface area contributed by atoms with Gasteiger partial charge in [0.2, 0.25) is 5.91 Å². The van der Waals surface area contributed by atoms with Crippen molar-refractivity contribution in [2.24, 2.45) is 0 Å². The number of β-amino-alcohol motifs (C(OH)–C–C–N with tert-alkyl or cyclic N) is 1. The van der Waals surface area contributed by atoms with Gasteiger partial charge in [0.05, 0.1) is 24.9 Å². The molecule has 8 nitrogen and oxygen atoms in total. The normalized spacial score (nSPS) is 20.4. The van der Waals surface area contributed by atoms with Gasteiger partial charge in [0.15, 0.2) is 5.06 Å². The van der Waals surface area contributed by atoms with Crippen LogP contribution in [0.1, 0.15) is 6.92 Å². The van der Waals surface area contributed by atoms with Gasteiger partial charge in [-0.3, -0.25) is 14.6 Å². The molecular formula is C29H34N4O4S. The number of anilines is 2. The maximum absolute atomic E-state index is 12.6. The Morgan fingerprint density at radius 1 is 0.974 bits per heavy atom. The molecule has 0 saturated carbocycles. The smallest absolute Gasteiger partial charge is 0.238 e. The third-order valence-corrected chi connectivity index (χ3v) is 7.71. The third kappa shape index (κ3) is 7.27. The molecule has 0 radical (unpaired) electrons. The summed E-state index contributed by atoms with van der Waals surface area (Å²) in [6, 6.07) is 25.1. The van der Waals surface area contributed by atoms with E-state index in [1.54, 1.807) is 11.8 Å². The molecule has 3 N–H and O–H groups in total. The monoisotopic (exact) mass is 534 g/mol. The van der Waals surface area contributed by atoms with E-state index in [1.807, 2.05) is 79.7 Å². The number of carbonyl (C=O) groups excluding carboxylic acids is 1. The Labute approximate surface area is 227 Å². The number of amides is 1. The first-order chi connectivity index (χ1) is 18.4. The van der Waals surface area contributed by atoms with Crippen molar-refractivity contribution in [3.63, 3.8) is 0 Å². The average Bonchev–Trinajstić information content (AvgIpc) is 3.27. The summed E-state index contributed by atoms with van der Waals surface area (Å²) in [5.41, 5.74) is 1.80. The Balaban J connectivity index is 0.989. The van der Waals surface area contributed by atoms with Crippen LogP contribution in [-0.2, 0) is 9.53 Å². The minimum atomic E-state index is -0.582. The van der Waals surface area contributed by atoms with Crippen molar-refractivity contribution in [3.8, 4) is 11.5 Å². The largest absolute Gasteiger partial charge is 0.457 e. The summed E-state index contributed by atoms with van der Waals surface area (Å²) in [5.74, 6) is 1.45. The summed E-state index contributed by atoms with van der Waals surface area (Å²) >= 11 is 1.62. The molecule has 1 amide bonds. The van der Waals surface area contributed by atoms with E-state index in [2.05, 4.69) is 26.5 Å². The molecule has 3 aromatic rings. The van der Waals surface area contributed by atoms with Gasteiger partial charge in [-0.05, 0) is 55.5 Å². The van der Waals surface area contributed by atoms with Gasteiger partial charge in [-0.25, -0.2) is 0 Å². The number of fused-ring (bicyclic) bond motifs is 1. The standard InChI is InChI=1S/C29H34N4O4S/c1-29(31-26-9-5-6-10-27(26)38-29)36-21-23(34)19-32-15-17-33(18-16-32)20-28(35)30-22-11-13-25(14-12-22)37-24-7-3-2-4-8-24/h2-14,23,31,34H,15-21H2,1H3,(H,30,35). The second-order valence-corrected chi connectivity index (χ2v) is 11.1. The quantitative estimate of drug-likeness (QED) is 0.355. The van der Waals surface area contributed by atoms with Crippen molar-refractivity contribution in [3.05, 3.63) is 78.9 Å². The van der Waals surface area contributed by atoms with Gasteiger partial charge in [0.1, 0.15) is 11.5 Å². The zero-order valence-corrected chi connectivity index (χ0v) is 22.3. The molecule has 2 aliphatic heterocycles. The molecule has 5 rings (SSSR count). The van der Waals surface area contributed by atoms with Gasteiger partial charge in [-0.1, -0.05) is 42.1 Å². The minimum Gasteiger partial charge on any atom is -0.457 e. The number of para-hydroxylation sites is 2. The second kappa shape index (κ2) is 12.2. The topological polar surface area (TPSA) is 86.3 Å². The molecule has 0 bridgehead atoms. The molecule has 1 fully saturated rings. The van der Waals surface area contributed by atoms with Crippen molar-refractivity contribution < 1.29 is 19.4 Å². The number of piperazine rings is 1. The van der Waals surface area contributed by atoms with Crippen LogP contribution in [0.3, 0.4) is 0 Å². The fourth-order valence-corrected chi connectivity index (χ4v) is 5.66. The number of nitrogens with one attached hydrogen (secondary N) is 2. The average molecular weight is 535 g/mol. The fraction of sp³-hybridized carbons (Fsp3) is 0.345. The van der Waals surface area contributed by atoms with Crippen LogP contribution in [0.25, 0.3) is 0 Å². The van der Waals surface area contributed by atoms with Crippen LogP contribution < -0.4 is 15.4 Å². The van der Waals surface area contributed by atoms with E-state index >= 15 is 0 Å². The van der Waals surface area contributed by atoms with E-state index in [0.29, 0.717) is 13.1 Å².